The van der Waals surface area contributed by atoms with E-state index < -0.39 is 9.84 Å². The second-order valence-corrected chi connectivity index (χ2v) is 9.41. The molecule has 0 atom stereocenters. The number of nitriles is 1. The van der Waals surface area contributed by atoms with E-state index in [9.17, 15) is 13.2 Å². The van der Waals surface area contributed by atoms with Crippen molar-refractivity contribution in [3.8, 4) is 11.8 Å². The highest BCUT2D eigenvalue weighted by atomic mass is 32.2. The first-order valence-electron chi connectivity index (χ1n) is 9.60. The molecule has 1 aliphatic rings. The van der Waals surface area contributed by atoms with Crippen molar-refractivity contribution in [1.82, 2.24) is 9.88 Å². The number of nitrogens with zero attached hydrogens (tertiary/aromatic N) is 4. The molecular weight excluding hydrogens is 404 g/mol. The van der Waals surface area contributed by atoms with Crippen molar-refractivity contribution in [3.63, 3.8) is 0 Å². The topological polar surface area (TPSA) is 104 Å². The zero-order valence-corrected chi connectivity index (χ0v) is 18.0. The number of carbonyl (C=O) groups is 1. The number of amides is 1. The predicted molar refractivity (Wildman–Crippen MR) is 112 cm³/mol. The monoisotopic (exact) mass is 428 g/mol. The van der Waals surface area contributed by atoms with E-state index in [1.165, 1.54) is 18.3 Å². The zero-order chi connectivity index (χ0) is 21.9. The molecule has 1 aromatic heterocycles. The first-order valence-corrected chi connectivity index (χ1v) is 11.5. The second-order valence-electron chi connectivity index (χ2n) is 7.39. The first-order chi connectivity index (χ1) is 14.2. The molecule has 1 aliphatic heterocycles. The fourth-order valence-electron chi connectivity index (χ4n) is 3.21. The van der Waals surface area contributed by atoms with E-state index in [0.717, 1.165) is 12.1 Å². The Morgan fingerprint density at radius 1 is 1.17 bits per heavy atom. The number of sulfone groups is 1. The Morgan fingerprint density at radius 2 is 1.87 bits per heavy atom. The Balaban J connectivity index is 1.78. The van der Waals surface area contributed by atoms with E-state index in [2.05, 4.69) is 4.98 Å². The highest BCUT2D eigenvalue weighted by Crippen LogP contribution is 2.26. The molecule has 30 heavy (non-hydrogen) atoms. The number of rotatable bonds is 5. The van der Waals surface area contributed by atoms with Crippen molar-refractivity contribution < 1.29 is 17.9 Å². The van der Waals surface area contributed by atoms with E-state index in [-0.39, 0.29) is 22.5 Å². The van der Waals surface area contributed by atoms with Crippen LogP contribution >= 0.6 is 0 Å². The number of hydrogen-bond donors (Lipinski definition) is 0. The summed E-state index contributed by atoms with van der Waals surface area (Å²) >= 11 is 0. The summed E-state index contributed by atoms with van der Waals surface area (Å²) < 4.78 is 29.7. The van der Waals surface area contributed by atoms with Gasteiger partial charge in [-0.3, -0.25) is 4.79 Å². The molecule has 1 saturated heterocycles. The third kappa shape index (κ3) is 4.89. The lowest BCUT2D eigenvalue weighted by Crippen LogP contribution is -2.49. The van der Waals surface area contributed by atoms with Gasteiger partial charge in [0.15, 0.2) is 9.84 Å². The highest BCUT2D eigenvalue weighted by molar-refractivity contribution is 7.90. The normalized spacial score (nSPS) is 14.5. The Hall–Kier alpha value is -3.12. The number of carbonyl (C=O) groups excluding carboxylic acids is 1. The summed E-state index contributed by atoms with van der Waals surface area (Å²) in [6.07, 6.45) is 2.49. The van der Waals surface area contributed by atoms with Gasteiger partial charge >= 0.3 is 0 Å². The van der Waals surface area contributed by atoms with Gasteiger partial charge in [0.25, 0.3) is 5.91 Å². The van der Waals surface area contributed by atoms with Crippen LogP contribution in [0.3, 0.4) is 0 Å². The fraction of sp³-hybridized carbons (Fsp3) is 0.381. The lowest BCUT2D eigenvalue weighted by molar-refractivity contribution is 0.0740. The number of pyridine rings is 1. The molecule has 0 aliphatic carbocycles. The highest BCUT2D eigenvalue weighted by Gasteiger charge is 2.26. The molecule has 0 bridgehead atoms. The average Bonchev–Trinajstić information content (AvgIpc) is 2.72. The van der Waals surface area contributed by atoms with Crippen LogP contribution in [0.4, 0.5) is 5.82 Å². The molecule has 2 heterocycles. The standard InChI is InChI=1S/C21H24N4O4S/c1-15(2)29-19-6-5-17(30(3,27)28)12-18(19)21(26)25-10-8-24(9-11-25)20-7-4-16(13-22)14-23-20/h4-7,12,14-15H,8-11H2,1-3H3. The first kappa shape index (κ1) is 21.6. The minimum absolute atomic E-state index is 0.0855. The van der Waals surface area contributed by atoms with Crippen LogP contribution in [-0.4, -0.2) is 62.7 Å². The smallest absolute Gasteiger partial charge is 0.257 e. The van der Waals surface area contributed by atoms with E-state index in [1.807, 2.05) is 24.8 Å². The van der Waals surface area contributed by atoms with E-state index in [1.54, 1.807) is 23.1 Å². The summed E-state index contributed by atoms with van der Waals surface area (Å²) in [7, 11) is -3.45. The van der Waals surface area contributed by atoms with Gasteiger partial charge in [-0.2, -0.15) is 5.26 Å². The number of anilines is 1. The van der Waals surface area contributed by atoms with Crippen LogP contribution in [0.2, 0.25) is 0 Å². The molecule has 0 radical (unpaired) electrons. The zero-order valence-electron chi connectivity index (χ0n) is 17.2. The molecule has 1 amide bonds. The molecule has 8 nitrogen and oxygen atoms in total. The predicted octanol–water partition coefficient (Wildman–Crippen LogP) is 2.11. The van der Waals surface area contributed by atoms with Gasteiger partial charge in [-0.15, -0.1) is 0 Å². The van der Waals surface area contributed by atoms with Crippen molar-refractivity contribution in [3.05, 3.63) is 47.7 Å². The SMILES string of the molecule is CC(C)Oc1ccc(S(C)(=O)=O)cc1C(=O)N1CCN(c2ccc(C#N)cn2)CC1. The third-order valence-electron chi connectivity index (χ3n) is 4.74. The quantitative estimate of drug-likeness (QED) is 0.718. The van der Waals surface area contributed by atoms with Gasteiger partial charge in [0.2, 0.25) is 0 Å². The van der Waals surface area contributed by atoms with Gasteiger partial charge in [-0.25, -0.2) is 13.4 Å². The summed E-state index contributed by atoms with van der Waals surface area (Å²) in [5.74, 6) is 0.867. The fourth-order valence-corrected chi connectivity index (χ4v) is 3.86. The van der Waals surface area contributed by atoms with E-state index in [0.29, 0.717) is 37.5 Å². The average molecular weight is 429 g/mol. The summed E-state index contributed by atoms with van der Waals surface area (Å²) in [5.41, 5.74) is 0.743. The maximum absolute atomic E-state index is 13.2. The molecule has 0 unspecified atom stereocenters. The number of benzene rings is 1. The van der Waals surface area contributed by atoms with Crippen molar-refractivity contribution in [2.24, 2.45) is 0 Å². The number of aromatic nitrogens is 1. The van der Waals surface area contributed by atoms with E-state index >= 15 is 0 Å². The molecule has 9 heteroatoms. The molecule has 3 rings (SSSR count). The van der Waals surface area contributed by atoms with Crippen LogP contribution < -0.4 is 9.64 Å². The molecule has 0 saturated carbocycles. The van der Waals surface area contributed by atoms with Gasteiger partial charge < -0.3 is 14.5 Å². The molecule has 2 aromatic rings. The Kier molecular flexibility index (Phi) is 6.27. The summed E-state index contributed by atoms with van der Waals surface area (Å²) in [6.45, 7) is 5.78. The van der Waals surface area contributed by atoms with E-state index in [4.69, 9.17) is 10.00 Å². The molecule has 1 fully saturated rings. The lowest BCUT2D eigenvalue weighted by atomic mass is 10.1. The Labute approximate surface area is 176 Å². The van der Waals surface area contributed by atoms with Crippen LogP contribution in [0.25, 0.3) is 0 Å². The Morgan fingerprint density at radius 3 is 2.40 bits per heavy atom. The maximum Gasteiger partial charge on any atom is 0.257 e. The second kappa shape index (κ2) is 8.71. The van der Waals surface area contributed by atoms with Crippen LogP contribution in [0, 0.1) is 11.3 Å². The van der Waals surface area contributed by atoms with Crippen molar-refractivity contribution in [2.45, 2.75) is 24.8 Å². The van der Waals surface area contributed by atoms with Crippen molar-refractivity contribution in [2.75, 3.05) is 37.3 Å². The largest absolute Gasteiger partial charge is 0.490 e. The molecule has 0 N–H and O–H groups in total. The van der Waals surface area contributed by atoms with Crippen LogP contribution in [-0.2, 0) is 9.84 Å². The molecule has 158 valence electrons. The summed E-state index contributed by atoms with van der Waals surface area (Å²) in [5, 5.41) is 8.89. The summed E-state index contributed by atoms with van der Waals surface area (Å²) in [6, 6.07) is 9.94. The number of piperazine rings is 1. The minimum Gasteiger partial charge on any atom is -0.490 e. The summed E-state index contributed by atoms with van der Waals surface area (Å²) in [4.78, 5) is 21.3. The van der Waals surface area contributed by atoms with Gasteiger partial charge in [-0.05, 0) is 44.2 Å². The van der Waals surface area contributed by atoms with Gasteiger partial charge in [-0.1, -0.05) is 0 Å². The van der Waals surface area contributed by atoms with Crippen LogP contribution in [0.15, 0.2) is 41.4 Å². The number of ether oxygens (including phenoxy) is 1. The minimum atomic E-state index is -3.45. The van der Waals surface area contributed by atoms with Crippen LogP contribution in [0.1, 0.15) is 29.8 Å². The molecule has 1 aromatic carbocycles. The van der Waals surface area contributed by atoms with Crippen molar-refractivity contribution in [1.29, 1.82) is 5.26 Å². The third-order valence-corrected chi connectivity index (χ3v) is 5.85. The maximum atomic E-state index is 13.2. The Bertz CT molecular complexity index is 1070. The van der Waals surface area contributed by atoms with Gasteiger partial charge in [0.1, 0.15) is 17.6 Å². The van der Waals surface area contributed by atoms with Gasteiger partial charge in [0.05, 0.1) is 22.1 Å². The van der Waals surface area contributed by atoms with Crippen LogP contribution in [0.5, 0.6) is 5.75 Å². The lowest BCUT2D eigenvalue weighted by Gasteiger charge is -2.35. The molecular formula is C21H24N4O4S. The van der Waals surface area contributed by atoms with Crippen molar-refractivity contribution >= 4 is 21.6 Å². The number of hydrogen-bond acceptors (Lipinski definition) is 7. The van der Waals surface area contributed by atoms with Gasteiger partial charge in [0, 0.05) is 38.6 Å². The molecule has 0 spiro atoms.